The van der Waals surface area contributed by atoms with Gasteiger partial charge in [-0.15, -0.1) is 0 Å². The van der Waals surface area contributed by atoms with Crippen LogP contribution in [0.2, 0.25) is 0 Å². The lowest BCUT2D eigenvalue weighted by atomic mass is 9.96. The summed E-state index contributed by atoms with van der Waals surface area (Å²) in [6, 6.07) is 5.86. The summed E-state index contributed by atoms with van der Waals surface area (Å²) < 4.78 is 31.3. The standard InChI is InChI=1S/C22H33N3O6S/c1-3-25(4-2)32(29,30)19-13-10-17(11-14-19)12-15-21(27)31-16-20(26)24-22(28)23-18-8-6-5-7-9-18/h10-11,13-14,18H,3-9,12,15-16H2,1-2H3,(H2,23,24,26,28). The van der Waals surface area contributed by atoms with E-state index in [0.717, 1.165) is 37.7 Å². The summed E-state index contributed by atoms with van der Waals surface area (Å²) in [6.45, 7) is 3.82. The lowest BCUT2D eigenvalue weighted by Gasteiger charge is -2.22. The Hall–Kier alpha value is -2.46. The topological polar surface area (TPSA) is 122 Å². The zero-order valence-corrected chi connectivity index (χ0v) is 19.6. The number of rotatable bonds is 10. The van der Waals surface area contributed by atoms with Gasteiger partial charge in [0.05, 0.1) is 4.90 Å². The van der Waals surface area contributed by atoms with Crippen LogP contribution in [0.5, 0.6) is 0 Å². The number of imide groups is 1. The molecule has 2 N–H and O–H groups in total. The molecule has 0 unspecified atom stereocenters. The summed E-state index contributed by atoms with van der Waals surface area (Å²) in [4.78, 5) is 35.7. The number of urea groups is 1. The van der Waals surface area contributed by atoms with E-state index < -0.39 is 34.5 Å². The molecule has 0 atom stereocenters. The molecule has 3 amide bonds. The number of amides is 3. The number of sulfonamides is 1. The third-order valence-electron chi connectivity index (χ3n) is 5.44. The molecule has 0 heterocycles. The van der Waals surface area contributed by atoms with Gasteiger partial charge in [0.2, 0.25) is 10.0 Å². The normalized spacial score (nSPS) is 14.7. The number of esters is 1. The monoisotopic (exact) mass is 467 g/mol. The van der Waals surface area contributed by atoms with Gasteiger partial charge in [0.1, 0.15) is 0 Å². The summed E-state index contributed by atoms with van der Waals surface area (Å²) in [5.41, 5.74) is 0.775. The second-order valence-electron chi connectivity index (χ2n) is 7.75. The number of hydrogen-bond donors (Lipinski definition) is 2. The van der Waals surface area contributed by atoms with Gasteiger partial charge >= 0.3 is 12.0 Å². The molecule has 0 spiro atoms. The van der Waals surface area contributed by atoms with E-state index >= 15 is 0 Å². The molecule has 0 bridgehead atoms. The molecule has 9 nitrogen and oxygen atoms in total. The number of aryl methyl sites for hydroxylation is 1. The molecule has 32 heavy (non-hydrogen) atoms. The van der Waals surface area contributed by atoms with E-state index in [1.165, 1.54) is 16.4 Å². The largest absolute Gasteiger partial charge is 0.456 e. The van der Waals surface area contributed by atoms with Gasteiger partial charge in [-0.25, -0.2) is 13.2 Å². The molecular weight excluding hydrogens is 434 g/mol. The van der Waals surface area contributed by atoms with E-state index in [9.17, 15) is 22.8 Å². The smallest absolute Gasteiger partial charge is 0.321 e. The maximum absolute atomic E-state index is 12.5. The fraction of sp³-hybridized carbons (Fsp3) is 0.591. The van der Waals surface area contributed by atoms with Crippen molar-refractivity contribution < 1.29 is 27.5 Å². The van der Waals surface area contributed by atoms with Gasteiger partial charge in [-0.1, -0.05) is 45.2 Å². The Kier molecular flexibility index (Phi) is 10.1. The first kappa shape index (κ1) is 25.8. The molecule has 1 aliphatic carbocycles. The number of carbonyl (C=O) groups is 3. The van der Waals surface area contributed by atoms with Crippen LogP contribution in [-0.4, -0.2) is 56.4 Å². The van der Waals surface area contributed by atoms with Crippen LogP contribution >= 0.6 is 0 Å². The van der Waals surface area contributed by atoms with Gasteiger partial charge in [-0.3, -0.25) is 14.9 Å². The van der Waals surface area contributed by atoms with Crippen molar-refractivity contribution in [3.8, 4) is 0 Å². The highest BCUT2D eigenvalue weighted by Crippen LogP contribution is 2.18. The number of nitrogens with zero attached hydrogens (tertiary/aromatic N) is 1. The molecule has 10 heteroatoms. The van der Waals surface area contributed by atoms with Gasteiger partial charge in [0, 0.05) is 25.6 Å². The SMILES string of the molecule is CCN(CC)S(=O)(=O)c1ccc(CCC(=O)OCC(=O)NC(=O)NC2CCCCC2)cc1. The van der Waals surface area contributed by atoms with E-state index in [1.54, 1.807) is 26.0 Å². The van der Waals surface area contributed by atoms with Crippen LogP contribution in [-0.2, 0) is 30.8 Å². The predicted molar refractivity (Wildman–Crippen MR) is 119 cm³/mol. The molecule has 0 aliphatic heterocycles. The van der Waals surface area contributed by atoms with Crippen molar-refractivity contribution in [1.82, 2.24) is 14.9 Å². The van der Waals surface area contributed by atoms with Gasteiger partial charge in [-0.2, -0.15) is 4.31 Å². The second kappa shape index (κ2) is 12.5. The zero-order valence-electron chi connectivity index (χ0n) is 18.8. The van der Waals surface area contributed by atoms with Crippen LogP contribution in [0.3, 0.4) is 0 Å². The molecule has 178 valence electrons. The highest BCUT2D eigenvalue weighted by molar-refractivity contribution is 7.89. The molecule has 1 fully saturated rings. The third kappa shape index (κ3) is 7.90. The van der Waals surface area contributed by atoms with Crippen molar-refractivity contribution in [3.05, 3.63) is 29.8 Å². The van der Waals surface area contributed by atoms with Gasteiger partial charge in [0.25, 0.3) is 5.91 Å². The Bertz CT molecular complexity index is 875. The number of hydrogen-bond acceptors (Lipinski definition) is 6. The molecule has 0 saturated heterocycles. The van der Waals surface area contributed by atoms with Crippen molar-refractivity contribution in [2.45, 2.75) is 69.7 Å². The van der Waals surface area contributed by atoms with Crippen LogP contribution in [0.15, 0.2) is 29.2 Å². The van der Waals surface area contributed by atoms with Crippen molar-refractivity contribution in [2.24, 2.45) is 0 Å². The van der Waals surface area contributed by atoms with Crippen LogP contribution in [0.25, 0.3) is 0 Å². The second-order valence-corrected chi connectivity index (χ2v) is 9.69. The van der Waals surface area contributed by atoms with Crippen LogP contribution in [0.4, 0.5) is 4.79 Å². The van der Waals surface area contributed by atoms with E-state index in [-0.39, 0.29) is 17.4 Å². The number of benzene rings is 1. The lowest BCUT2D eigenvalue weighted by molar-refractivity contribution is -0.148. The third-order valence-corrected chi connectivity index (χ3v) is 7.51. The Morgan fingerprint density at radius 3 is 2.25 bits per heavy atom. The highest BCUT2D eigenvalue weighted by atomic mass is 32.2. The Labute approximate surface area is 189 Å². The number of nitrogens with one attached hydrogen (secondary N) is 2. The highest BCUT2D eigenvalue weighted by Gasteiger charge is 2.21. The Morgan fingerprint density at radius 2 is 1.66 bits per heavy atom. The van der Waals surface area contributed by atoms with Crippen molar-refractivity contribution in [2.75, 3.05) is 19.7 Å². The van der Waals surface area contributed by atoms with E-state index in [4.69, 9.17) is 4.74 Å². The fourth-order valence-corrected chi connectivity index (χ4v) is 5.09. The minimum Gasteiger partial charge on any atom is -0.456 e. The molecule has 0 aromatic heterocycles. The van der Waals surface area contributed by atoms with Crippen LogP contribution < -0.4 is 10.6 Å². The summed E-state index contributed by atoms with van der Waals surface area (Å²) in [5, 5.41) is 4.92. The molecule has 1 saturated carbocycles. The number of carbonyl (C=O) groups excluding carboxylic acids is 3. The molecule has 1 aromatic rings. The summed E-state index contributed by atoms with van der Waals surface area (Å²) >= 11 is 0. The van der Waals surface area contributed by atoms with Crippen LogP contribution in [0.1, 0.15) is 57.9 Å². The van der Waals surface area contributed by atoms with Crippen molar-refractivity contribution in [3.63, 3.8) is 0 Å². The molecular formula is C22H33N3O6S. The Morgan fingerprint density at radius 1 is 1.03 bits per heavy atom. The van der Waals surface area contributed by atoms with Gasteiger partial charge < -0.3 is 10.1 Å². The molecule has 1 aliphatic rings. The van der Waals surface area contributed by atoms with Gasteiger partial charge in [-0.05, 0) is 37.0 Å². The van der Waals surface area contributed by atoms with E-state index in [1.807, 2.05) is 0 Å². The zero-order chi connectivity index (χ0) is 23.6. The quantitative estimate of drug-likeness (QED) is 0.510. The molecule has 2 rings (SSSR count). The van der Waals surface area contributed by atoms with Crippen molar-refractivity contribution in [1.29, 1.82) is 0 Å². The first-order valence-corrected chi connectivity index (χ1v) is 12.5. The summed E-state index contributed by atoms with van der Waals surface area (Å²) in [6.07, 6.45) is 5.46. The summed E-state index contributed by atoms with van der Waals surface area (Å²) in [5.74, 6) is -1.26. The predicted octanol–water partition coefficient (Wildman–Crippen LogP) is 2.35. The number of ether oxygens (including phenoxy) is 1. The summed E-state index contributed by atoms with van der Waals surface area (Å²) in [7, 11) is -3.52. The first-order chi connectivity index (χ1) is 15.3. The van der Waals surface area contributed by atoms with E-state index in [0.29, 0.717) is 19.5 Å². The minimum absolute atomic E-state index is 0.0314. The fourth-order valence-electron chi connectivity index (χ4n) is 3.64. The molecule has 0 radical (unpaired) electrons. The average molecular weight is 468 g/mol. The maximum atomic E-state index is 12.5. The average Bonchev–Trinajstić information content (AvgIpc) is 2.77. The molecule has 1 aromatic carbocycles. The lowest BCUT2D eigenvalue weighted by Crippen LogP contribution is -2.46. The van der Waals surface area contributed by atoms with Crippen molar-refractivity contribution >= 4 is 27.9 Å². The van der Waals surface area contributed by atoms with E-state index in [2.05, 4.69) is 10.6 Å². The van der Waals surface area contributed by atoms with Crippen LogP contribution in [0, 0.1) is 0 Å². The van der Waals surface area contributed by atoms with Gasteiger partial charge in [0.15, 0.2) is 6.61 Å². The minimum atomic E-state index is -3.52. The maximum Gasteiger partial charge on any atom is 0.321 e. The first-order valence-electron chi connectivity index (χ1n) is 11.1. The Balaban J connectivity index is 1.72.